The van der Waals surface area contributed by atoms with E-state index < -0.39 is 0 Å². The number of rotatable bonds is 2. The normalized spacial score (nSPS) is 12.0. The van der Waals surface area contributed by atoms with Gasteiger partial charge in [0.05, 0.1) is 11.0 Å². The summed E-state index contributed by atoms with van der Waals surface area (Å²) in [6.07, 6.45) is 3.34. The van der Waals surface area contributed by atoms with Crippen LogP contribution in [-0.4, -0.2) is 15.3 Å². The van der Waals surface area contributed by atoms with Gasteiger partial charge in [-0.05, 0) is 26.0 Å². The molecule has 0 bridgehead atoms. The number of fused-ring (bicyclic) bond motifs is 1. The van der Waals surface area contributed by atoms with Gasteiger partial charge in [-0.25, -0.2) is 4.98 Å². The molecule has 0 amide bonds. The second-order valence-corrected chi connectivity index (χ2v) is 3.50. The molecular formula is C12H12N2O. The molecule has 1 aromatic carbocycles. The number of hydrogen-bond acceptors (Lipinski definition) is 2. The van der Waals surface area contributed by atoms with Crippen LogP contribution in [-0.2, 0) is 4.79 Å². The van der Waals surface area contributed by atoms with Crippen LogP contribution >= 0.6 is 0 Å². The Morgan fingerprint density at radius 3 is 2.80 bits per heavy atom. The van der Waals surface area contributed by atoms with Crippen LogP contribution in [0, 0.1) is 0 Å². The summed E-state index contributed by atoms with van der Waals surface area (Å²) in [6, 6.07) is 7.85. The van der Waals surface area contributed by atoms with Crippen LogP contribution in [0.4, 0.5) is 0 Å². The summed E-state index contributed by atoms with van der Waals surface area (Å²) in [4.78, 5) is 15.2. The molecule has 2 rings (SSSR count). The zero-order chi connectivity index (χ0) is 10.8. The number of nitrogens with zero attached hydrogens (tertiary/aromatic N) is 2. The number of aromatic nitrogens is 2. The Morgan fingerprint density at radius 1 is 1.33 bits per heavy atom. The van der Waals surface area contributed by atoms with Crippen molar-refractivity contribution in [3.05, 3.63) is 36.7 Å². The fourth-order valence-corrected chi connectivity index (χ4v) is 1.60. The highest BCUT2D eigenvalue weighted by Crippen LogP contribution is 2.16. The Balaban J connectivity index is 2.57. The lowest BCUT2D eigenvalue weighted by Crippen LogP contribution is -1.94. The number of ketones is 1. The summed E-state index contributed by atoms with van der Waals surface area (Å²) in [7, 11) is 0. The molecule has 3 heteroatoms. The molecule has 0 radical (unpaired) electrons. The molecule has 0 N–H and O–H groups in total. The molecule has 0 aliphatic carbocycles. The van der Waals surface area contributed by atoms with Crippen molar-refractivity contribution < 1.29 is 4.79 Å². The minimum atomic E-state index is 0.0466. The zero-order valence-electron chi connectivity index (χ0n) is 8.77. The van der Waals surface area contributed by atoms with E-state index in [1.165, 1.54) is 0 Å². The van der Waals surface area contributed by atoms with E-state index in [4.69, 9.17) is 0 Å². The lowest BCUT2D eigenvalue weighted by molar-refractivity contribution is -0.112. The smallest absolute Gasteiger partial charge is 0.154 e. The first kappa shape index (κ1) is 9.65. The van der Waals surface area contributed by atoms with E-state index in [0.717, 1.165) is 16.7 Å². The van der Waals surface area contributed by atoms with E-state index in [1.54, 1.807) is 19.3 Å². The van der Waals surface area contributed by atoms with Crippen molar-refractivity contribution in [3.63, 3.8) is 0 Å². The van der Waals surface area contributed by atoms with Crippen molar-refractivity contribution in [2.24, 2.45) is 0 Å². The van der Waals surface area contributed by atoms with Crippen LogP contribution in [0.2, 0.25) is 0 Å². The molecule has 0 saturated heterocycles. The van der Waals surface area contributed by atoms with E-state index in [0.29, 0.717) is 0 Å². The number of benzene rings is 1. The third kappa shape index (κ3) is 1.81. The standard InChI is InChI=1S/C12H12N2O/c1-9(7-10(2)15)14-8-13-11-5-3-4-6-12(11)14/h3-8H,1-2H3/b9-7+. The fraction of sp³-hybridized carbons (Fsp3) is 0.167. The van der Waals surface area contributed by atoms with E-state index in [2.05, 4.69) is 4.98 Å². The third-order valence-electron chi connectivity index (χ3n) is 2.25. The highest BCUT2D eigenvalue weighted by molar-refractivity contribution is 5.93. The molecule has 3 nitrogen and oxygen atoms in total. The number of carbonyl (C=O) groups excluding carboxylic acids is 1. The highest BCUT2D eigenvalue weighted by Gasteiger charge is 2.02. The SMILES string of the molecule is CC(=O)/C=C(\C)n1cnc2ccccc21. The first-order chi connectivity index (χ1) is 7.18. The van der Waals surface area contributed by atoms with Crippen molar-refractivity contribution >= 4 is 22.5 Å². The molecule has 2 aromatic rings. The Bertz CT molecular complexity index is 537. The lowest BCUT2D eigenvalue weighted by Gasteiger charge is -2.02. The first-order valence-electron chi connectivity index (χ1n) is 4.80. The largest absolute Gasteiger partial charge is 0.303 e. The first-order valence-corrected chi connectivity index (χ1v) is 4.80. The summed E-state index contributed by atoms with van der Waals surface area (Å²) in [5, 5.41) is 0. The summed E-state index contributed by atoms with van der Waals surface area (Å²) in [5.41, 5.74) is 2.84. The van der Waals surface area contributed by atoms with Gasteiger partial charge in [0.2, 0.25) is 0 Å². The Kier molecular flexibility index (Phi) is 2.37. The van der Waals surface area contributed by atoms with Crippen molar-refractivity contribution in [2.75, 3.05) is 0 Å². The Morgan fingerprint density at radius 2 is 2.07 bits per heavy atom. The lowest BCUT2D eigenvalue weighted by atomic mass is 10.3. The summed E-state index contributed by atoms with van der Waals surface area (Å²) >= 11 is 0. The van der Waals surface area contributed by atoms with E-state index in [1.807, 2.05) is 35.8 Å². The van der Waals surface area contributed by atoms with Crippen LogP contribution in [0.25, 0.3) is 16.7 Å². The van der Waals surface area contributed by atoms with Crippen molar-refractivity contribution in [1.29, 1.82) is 0 Å². The van der Waals surface area contributed by atoms with Gasteiger partial charge in [0.1, 0.15) is 6.33 Å². The van der Waals surface area contributed by atoms with Gasteiger partial charge in [-0.3, -0.25) is 4.79 Å². The van der Waals surface area contributed by atoms with Crippen LogP contribution < -0.4 is 0 Å². The van der Waals surface area contributed by atoms with Gasteiger partial charge in [0.15, 0.2) is 5.78 Å². The van der Waals surface area contributed by atoms with Gasteiger partial charge >= 0.3 is 0 Å². The molecule has 0 atom stereocenters. The molecule has 15 heavy (non-hydrogen) atoms. The maximum atomic E-state index is 11.0. The number of hydrogen-bond donors (Lipinski definition) is 0. The molecule has 1 aromatic heterocycles. The number of para-hydroxylation sites is 2. The maximum Gasteiger partial charge on any atom is 0.154 e. The van der Waals surface area contributed by atoms with E-state index in [-0.39, 0.29) is 5.78 Å². The number of allylic oxidation sites excluding steroid dienone is 2. The second-order valence-electron chi connectivity index (χ2n) is 3.50. The number of imidazole rings is 1. The van der Waals surface area contributed by atoms with Crippen molar-refractivity contribution in [1.82, 2.24) is 9.55 Å². The molecule has 0 aliphatic heterocycles. The molecule has 0 saturated carbocycles. The average Bonchev–Trinajstić information content (AvgIpc) is 2.59. The number of carbonyl (C=O) groups is 1. The fourth-order valence-electron chi connectivity index (χ4n) is 1.60. The molecule has 0 aliphatic rings. The van der Waals surface area contributed by atoms with Gasteiger partial charge in [-0.15, -0.1) is 0 Å². The Hall–Kier alpha value is -1.90. The van der Waals surface area contributed by atoms with Crippen LogP contribution in [0.5, 0.6) is 0 Å². The predicted molar refractivity (Wildman–Crippen MR) is 60.4 cm³/mol. The molecular weight excluding hydrogens is 188 g/mol. The maximum absolute atomic E-state index is 11.0. The summed E-state index contributed by atoms with van der Waals surface area (Å²) in [5.74, 6) is 0.0466. The second kappa shape index (κ2) is 3.69. The van der Waals surface area contributed by atoms with Gasteiger partial charge in [0, 0.05) is 11.8 Å². The molecule has 76 valence electrons. The van der Waals surface area contributed by atoms with E-state index in [9.17, 15) is 4.79 Å². The van der Waals surface area contributed by atoms with Crippen LogP contribution in [0.3, 0.4) is 0 Å². The summed E-state index contributed by atoms with van der Waals surface area (Å²) in [6.45, 7) is 3.44. The molecule has 0 spiro atoms. The minimum Gasteiger partial charge on any atom is -0.303 e. The average molecular weight is 200 g/mol. The highest BCUT2D eigenvalue weighted by atomic mass is 16.1. The van der Waals surface area contributed by atoms with E-state index >= 15 is 0 Å². The quantitative estimate of drug-likeness (QED) is 0.698. The molecule has 0 unspecified atom stereocenters. The molecule has 0 fully saturated rings. The molecule has 1 heterocycles. The topological polar surface area (TPSA) is 34.9 Å². The van der Waals surface area contributed by atoms with Gasteiger partial charge in [-0.2, -0.15) is 0 Å². The third-order valence-corrected chi connectivity index (χ3v) is 2.25. The minimum absolute atomic E-state index is 0.0466. The van der Waals surface area contributed by atoms with Crippen LogP contribution in [0.15, 0.2) is 36.7 Å². The monoisotopic (exact) mass is 200 g/mol. The predicted octanol–water partition coefficient (Wildman–Crippen LogP) is 2.49. The summed E-state index contributed by atoms with van der Waals surface area (Å²) < 4.78 is 1.91. The Labute approximate surface area is 88.0 Å². The van der Waals surface area contributed by atoms with Gasteiger partial charge in [-0.1, -0.05) is 12.1 Å². The van der Waals surface area contributed by atoms with Crippen molar-refractivity contribution in [2.45, 2.75) is 13.8 Å². The zero-order valence-corrected chi connectivity index (χ0v) is 8.77. The van der Waals surface area contributed by atoms with Crippen molar-refractivity contribution in [3.8, 4) is 0 Å². The van der Waals surface area contributed by atoms with Gasteiger partial charge in [0.25, 0.3) is 0 Å². The van der Waals surface area contributed by atoms with Crippen LogP contribution in [0.1, 0.15) is 13.8 Å². The van der Waals surface area contributed by atoms with Gasteiger partial charge < -0.3 is 4.57 Å².